The van der Waals surface area contributed by atoms with E-state index >= 15 is 0 Å². The zero-order valence-corrected chi connectivity index (χ0v) is 5.87. The van der Waals surface area contributed by atoms with Gasteiger partial charge in [0.15, 0.2) is 0 Å². The van der Waals surface area contributed by atoms with E-state index in [4.69, 9.17) is 0 Å². The van der Waals surface area contributed by atoms with Crippen molar-refractivity contribution < 1.29 is 14.3 Å². The predicted molar refractivity (Wildman–Crippen MR) is 36.5 cm³/mol. The first-order valence-corrected chi connectivity index (χ1v) is 3.07. The van der Waals surface area contributed by atoms with E-state index in [2.05, 4.69) is 4.74 Å². The lowest BCUT2D eigenvalue weighted by atomic mass is 10.5. The first-order chi connectivity index (χ1) is 4.81. The highest BCUT2D eigenvalue weighted by Crippen LogP contribution is 1.83. The molecule has 0 aliphatic heterocycles. The third-order valence-corrected chi connectivity index (χ3v) is 0.844. The monoisotopic (exact) mass is 142 g/mol. The highest BCUT2D eigenvalue weighted by atomic mass is 16.5. The maximum atomic E-state index is 10.4. The van der Waals surface area contributed by atoms with Crippen LogP contribution in [0.2, 0.25) is 0 Å². The molecule has 0 amide bonds. The van der Waals surface area contributed by atoms with Crippen LogP contribution in [0.15, 0.2) is 12.2 Å². The summed E-state index contributed by atoms with van der Waals surface area (Å²) in [7, 11) is 0. The minimum Gasteiger partial charge on any atom is -0.461 e. The van der Waals surface area contributed by atoms with Gasteiger partial charge in [-0.1, -0.05) is 6.92 Å². The molecule has 0 aliphatic carbocycles. The van der Waals surface area contributed by atoms with E-state index in [0.29, 0.717) is 12.7 Å². The number of esters is 1. The number of aldehydes is 1. The Balaban J connectivity index is 3.27. The standard InChI is InChI=1S/C7H10O3/c1-2-7(9)10-6-4-3-5-8/h3-5H,2,6H2,1H3/b4-3+. The Bertz CT molecular complexity index is 138. The summed E-state index contributed by atoms with van der Waals surface area (Å²) >= 11 is 0. The summed E-state index contributed by atoms with van der Waals surface area (Å²) in [5.41, 5.74) is 0. The van der Waals surface area contributed by atoms with E-state index in [1.807, 2.05) is 0 Å². The summed E-state index contributed by atoms with van der Waals surface area (Å²) in [5.74, 6) is -0.254. The van der Waals surface area contributed by atoms with Crippen LogP contribution in [0, 0.1) is 0 Å². The van der Waals surface area contributed by atoms with Gasteiger partial charge in [0.1, 0.15) is 12.9 Å². The fourth-order valence-electron chi connectivity index (χ4n) is 0.354. The molecule has 0 spiro atoms. The average Bonchev–Trinajstić information content (AvgIpc) is 1.98. The van der Waals surface area contributed by atoms with Crippen molar-refractivity contribution in [3.8, 4) is 0 Å². The molecule has 0 atom stereocenters. The second kappa shape index (κ2) is 6.01. The topological polar surface area (TPSA) is 43.4 Å². The van der Waals surface area contributed by atoms with Crippen LogP contribution in [0.25, 0.3) is 0 Å². The number of hydrogen-bond donors (Lipinski definition) is 0. The van der Waals surface area contributed by atoms with Crippen LogP contribution in [-0.4, -0.2) is 18.9 Å². The van der Waals surface area contributed by atoms with E-state index in [0.717, 1.165) is 0 Å². The first kappa shape index (κ1) is 8.88. The summed E-state index contributed by atoms with van der Waals surface area (Å²) < 4.78 is 4.61. The molecule has 0 N–H and O–H groups in total. The van der Waals surface area contributed by atoms with Crippen LogP contribution in [0.5, 0.6) is 0 Å². The molecule has 0 radical (unpaired) electrons. The summed E-state index contributed by atoms with van der Waals surface area (Å²) in [6, 6.07) is 0. The maximum Gasteiger partial charge on any atom is 0.305 e. The normalized spacial score (nSPS) is 9.70. The molecule has 0 aromatic heterocycles. The molecule has 0 rings (SSSR count). The molecule has 0 saturated heterocycles. The Morgan fingerprint density at radius 3 is 2.80 bits per heavy atom. The Morgan fingerprint density at radius 2 is 2.30 bits per heavy atom. The summed E-state index contributed by atoms with van der Waals surface area (Å²) in [6.07, 6.45) is 3.79. The van der Waals surface area contributed by atoms with Crippen molar-refractivity contribution in [1.82, 2.24) is 0 Å². The quantitative estimate of drug-likeness (QED) is 0.329. The van der Waals surface area contributed by atoms with Gasteiger partial charge in [-0.3, -0.25) is 9.59 Å². The largest absolute Gasteiger partial charge is 0.461 e. The van der Waals surface area contributed by atoms with Crippen molar-refractivity contribution in [2.75, 3.05) is 6.61 Å². The number of rotatable bonds is 4. The van der Waals surface area contributed by atoms with E-state index in [1.165, 1.54) is 12.2 Å². The molecule has 0 unspecified atom stereocenters. The number of ether oxygens (including phenoxy) is 1. The van der Waals surface area contributed by atoms with Crippen molar-refractivity contribution in [1.29, 1.82) is 0 Å². The van der Waals surface area contributed by atoms with Gasteiger partial charge in [0.25, 0.3) is 0 Å². The smallest absolute Gasteiger partial charge is 0.305 e. The van der Waals surface area contributed by atoms with Crippen LogP contribution >= 0.6 is 0 Å². The van der Waals surface area contributed by atoms with E-state index in [1.54, 1.807) is 6.92 Å². The van der Waals surface area contributed by atoms with Gasteiger partial charge in [0, 0.05) is 6.42 Å². The molecule has 10 heavy (non-hydrogen) atoms. The van der Waals surface area contributed by atoms with Gasteiger partial charge in [-0.15, -0.1) is 0 Å². The van der Waals surface area contributed by atoms with Gasteiger partial charge in [-0.25, -0.2) is 0 Å². The highest BCUT2D eigenvalue weighted by molar-refractivity contribution is 5.69. The first-order valence-electron chi connectivity index (χ1n) is 3.07. The zero-order chi connectivity index (χ0) is 7.82. The van der Waals surface area contributed by atoms with E-state index in [9.17, 15) is 9.59 Å². The molecule has 0 aliphatic rings. The fraction of sp³-hybridized carbons (Fsp3) is 0.429. The molecule has 0 saturated carbocycles. The molecule has 0 bridgehead atoms. The minimum atomic E-state index is -0.254. The van der Waals surface area contributed by atoms with Crippen molar-refractivity contribution in [3.63, 3.8) is 0 Å². The SMILES string of the molecule is CCC(=O)OC/C=C/C=O. The number of hydrogen-bond acceptors (Lipinski definition) is 3. The van der Waals surface area contributed by atoms with E-state index in [-0.39, 0.29) is 12.6 Å². The molecule has 0 aromatic carbocycles. The number of allylic oxidation sites excluding steroid dienone is 1. The van der Waals surface area contributed by atoms with Crippen molar-refractivity contribution >= 4 is 12.3 Å². The lowest BCUT2D eigenvalue weighted by molar-refractivity contribution is -0.142. The van der Waals surface area contributed by atoms with Crippen molar-refractivity contribution in [2.24, 2.45) is 0 Å². The fourth-order valence-corrected chi connectivity index (χ4v) is 0.354. The summed E-state index contributed by atoms with van der Waals surface area (Å²) in [6.45, 7) is 1.90. The Morgan fingerprint density at radius 1 is 1.60 bits per heavy atom. The molecule has 0 aromatic rings. The number of carbonyl (C=O) groups excluding carboxylic acids is 2. The van der Waals surface area contributed by atoms with E-state index < -0.39 is 0 Å². The van der Waals surface area contributed by atoms with Gasteiger partial charge < -0.3 is 4.74 Å². The molecule has 0 fully saturated rings. The minimum absolute atomic E-state index is 0.186. The lowest BCUT2D eigenvalue weighted by Crippen LogP contribution is -2.01. The second-order valence-electron chi connectivity index (χ2n) is 1.60. The summed E-state index contributed by atoms with van der Waals surface area (Å²) in [5, 5.41) is 0. The van der Waals surface area contributed by atoms with Crippen LogP contribution in [0.1, 0.15) is 13.3 Å². The predicted octanol–water partition coefficient (Wildman–Crippen LogP) is 0.695. The molecule has 3 heteroatoms. The maximum absolute atomic E-state index is 10.4. The Labute approximate surface area is 59.7 Å². The van der Waals surface area contributed by atoms with Gasteiger partial charge in [-0.05, 0) is 12.2 Å². The van der Waals surface area contributed by atoms with Crippen LogP contribution in [-0.2, 0) is 14.3 Å². The molecule has 56 valence electrons. The average molecular weight is 142 g/mol. The number of carbonyl (C=O) groups is 2. The van der Waals surface area contributed by atoms with Crippen LogP contribution in [0.4, 0.5) is 0 Å². The van der Waals surface area contributed by atoms with Gasteiger partial charge in [0.05, 0.1) is 0 Å². The third-order valence-electron chi connectivity index (χ3n) is 0.844. The van der Waals surface area contributed by atoms with Gasteiger partial charge >= 0.3 is 5.97 Å². The van der Waals surface area contributed by atoms with Gasteiger partial charge in [0.2, 0.25) is 0 Å². The zero-order valence-electron chi connectivity index (χ0n) is 5.87. The molecular weight excluding hydrogens is 132 g/mol. The molecular formula is C7H10O3. The third kappa shape index (κ3) is 5.03. The molecule has 0 heterocycles. The summed E-state index contributed by atoms with van der Waals surface area (Å²) in [4.78, 5) is 20.1. The van der Waals surface area contributed by atoms with Crippen molar-refractivity contribution in [2.45, 2.75) is 13.3 Å². The lowest BCUT2D eigenvalue weighted by Gasteiger charge is -1.95. The van der Waals surface area contributed by atoms with Crippen LogP contribution < -0.4 is 0 Å². The Hall–Kier alpha value is -1.12. The Kier molecular flexibility index (Phi) is 5.33. The highest BCUT2D eigenvalue weighted by Gasteiger charge is 1.92. The second-order valence-corrected chi connectivity index (χ2v) is 1.60. The van der Waals surface area contributed by atoms with Gasteiger partial charge in [-0.2, -0.15) is 0 Å². The van der Waals surface area contributed by atoms with Crippen molar-refractivity contribution in [3.05, 3.63) is 12.2 Å². The molecule has 3 nitrogen and oxygen atoms in total. The van der Waals surface area contributed by atoms with Crippen LogP contribution in [0.3, 0.4) is 0 Å².